The highest BCUT2D eigenvalue weighted by Gasteiger charge is 2.14. The van der Waals surface area contributed by atoms with Crippen molar-refractivity contribution in [1.82, 2.24) is 25.3 Å². The predicted molar refractivity (Wildman–Crippen MR) is 102 cm³/mol. The highest BCUT2D eigenvalue weighted by atomic mass is 16.5. The van der Waals surface area contributed by atoms with Crippen LogP contribution in [0.25, 0.3) is 11.3 Å². The molecule has 0 aliphatic carbocycles. The minimum absolute atomic E-state index is 0.0750. The van der Waals surface area contributed by atoms with Gasteiger partial charge in [0.15, 0.2) is 0 Å². The van der Waals surface area contributed by atoms with Crippen molar-refractivity contribution in [2.45, 2.75) is 33.4 Å². The lowest BCUT2D eigenvalue weighted by Crippen LogP contribution is -2.30. The second-order valence-electron chi connectivity index (χ2n) is 6.68. The molecule has 7 nitrogen and oxygen atoms in total. The first-order valence-corrected chi connectivity index (χ1v) is 8.79. The Bertz CT molecular complexity index is 915. The summed E-state index contributed by atoms with van der Waals surface area (Å²) in [6, 6.07) is 11.6. The van der Waals surface area contributed by atoms with Crippen LogP contribution in [0.4, 0.5) is 0 Å². The van der Waals surface area contributed by atoms with E-state index in [2.05, 4.69) is 20.6 Å². The van der Waals surface area contributed by atoms with E-state index in [0.717, 1.165) is 17.0 Å². The van der Waals surface area contributed by atoms with Crippen molar-refractivity contribution in [3.8, 4) is 17.1 Å². The molecular formula is C20H23N5O2. The van der Waals surface area contributed by atoms with E-state index in [-0.39, 0.29) is 18.6 Å². The van der Waals surface area contributed by atoms with Gasteiger partial charge in [-0.15, -0.1) is 5.10 Å². The standard InChI is InChI=1S/C20H23N5O2/c1-13(2)22-20(26)16-9-10-18(21-11-16)27-12-17-19(23-24-25(17)4)15-7-5-14(3)6-8-15/h5-11,13H,12H2,1-4H3,(H,22,26). The maximum Gasteiger partial charge on any atom is 0.253 e. The number of nitrogens with one attached hydrogen (secondary N) is 1. The molecule has 2 aromatic heterocycles. The predicted octanol–water partition coefficient (Wildman–Crippen LogP) is 2.90. The van der Waals surface area contributed by atoms with Crippen molar-refractivity contribution in [3.05, 3.63) is 59.4 Å². The lowest BCUT2D eigenvalue weighted by atomic mass is 10.1. The number of benzene rings is 1. The Labute approximate surface area is 158 Å². The zero-order valence-corrected chi connectivity index (χ0v) is 15.9. The van der Waals surface area contributed by atoms with Crippen LogP contribution < -0.4 is 10.1 Å². The summed E-state index contributed by atoms with van der Waals surface area (Å²) in [5.74, 6) is 0.286. The number of nitrogens with zero attached hydrogens (tertiary/aromatic N) is 4. The Morgan fingerprint density at radius 3 is 2.56 bits per heavy atom. The number of pyridine rings is 1. The molecule has 3 rings (SSSR count). The first-order valence-electron chi connectivity index (χ1n) is 8.79. The number of rotatable bonds is 6. The summed E-state index contributed by atoms with van der Waals surface area (Å²) in [6.07, 6.45) is 1.51. The van der Waals surface area contributed by atoms with Gasteiger partial charge in [0.25, 0.3) is 5.91 Å². The fourth-order valence-electron chi connectivity index (χ4n) is 2.56. The molecule has 0 fully saturated rings. The van der Waals surface area contributed by atoms with Gasteiger partial charge >= 0.3 is 0 Å². The average Bonchev–Trinajstić information content (AvgIpc) is 3.01. The maximum absolute atomic E-state index is 12.0. The smallest absolute Gasteiger partial charge is 0.253 e. The zero-order chi connectivity index (χ0) is 19.4. The number of aryl methyl sites for hydroxylation is 2. The Morgan fingerprint density at radius 2 is 1.93 bits per heavy atom. The van der Waals surface area contributed by atoms with Gasteiger partial charge in [-0.25, -0.2) is 9.67 Å². The van der Waals surface area contributed by atoms with E-state index in [4.69, 9.17) is 4.74 Å². The second-order valence-corrected chi connectivity index (χ2v) is 6.68. The minimum atomic E-state index is -0.151. The molecule has 0 bridgehead atoms. The summed E-state index contributed by atoms with van der Waals surface area (Å²) in [6.45, 7) is 6.14. The molecule has 0 radical (unpaired) electrons. The van der Waals surface area contributed by atoms with Crippen molar-refractivity contribution < 1.29 is 9.53 Å². The Morgan fingerprint density at radius 1 is 1.19 bits per heavy atom. The molecule has 1 aromatic carbocycles. The van der Waals surface area contributed by atoms with Crippen LogP contribution in [0, 0.1) is 6.92 Å². The molecule has 27 heavy (non-hydrogen) atoms. The monoisotopic (exact) mass is 365 g/mol. The third-order valence-electron chi connectivity index (χ3n) is 4.04. The number of carbonyl (C=O) groups is 1. The summed E-state index contributed by atoms with van der Waals surface area (Å²) in [7, 11) is 1.83. The summed E-state index contributed by atoms with van der Waals surface area (Å²) in [4.78, 5) is 16.2. The average molecular weight is 365 g/mol. The molecule has 0 unspecified atom stereocenters. The number of hydrogen-bond acceptors (Lipinski definition) is 5. The summed E-state index contributed by atoms with van der Waals surface area (Å²) in [5, 5.41) is 11.2. The van der Waals surface area contributed by atoms with Gasteiger partial charge in [-0.3, -0.25) is 4.79 Å². The molecule has 0 saturated carbocycles. The van der Waals surface area contributed by atoms with Crippen molar-refractivity contribution in [2.75, 3.05) is 0 Å². The Hall–Kier alpha value is -3.22. The quantitative estimate of drug-likeness (QED) is 0.726. The summed E-state index contributed by atoms with van der Waals surface area (Å²) < 4.78 is 7.48. The molecule has 0 atom stereocenters. The van der Waals surface area contributed by atoms with Crippen LogP contribution >= 0.6 is 0 Å². The third-order valence-corrected chi connectivity index (χ3v) is 4.04. The van der Waals surface area contributed by atoms with E-state index in [1.165, 1.54) is 11.8 Å². The fraction of sp³-hybridized carbons (Fsp3) is 0.300. The van der Waals surface area contributed by atoms with Gasteiger partial charge in [-0.1, -0.05) is 35.0 Å². The molecule has 1 amide bonds. The number of amides is 1. The normalized spacial score (nSPS) is 10.9. The molecule has 1 N–H and O–H groups in total. The van der Waals surface area contributed by atoms with Gasteiger partial charge in [-0.05, 0) is 26.8 Å². The number of ether oxygens (including phenoxy) is 1. The van der Waals surface area contributed by atoms with E-state index in [9.17, 15) is 4.79 Å². The maximum atomic E-state index is 12.0. The van der Waals surface area contributed by atoms with Gasteiger partial charge < -0.3 is 10.1 Å². The molecule has 0 aliphatic heterocycles. The molecule has 0 saturated heterocycles. The lowest BCUT2D eigenvalue weighted by molar-refractivity contribution is 0.0942. The van der Waals surface area contributed by atoms with Crippen molar-refractivity contribution >= 4 is 5.91 Å². The van der Waals surface area contributed by atoms with Crippen molar-refractivity contribution in [1.29, 1.82) is 0 Å². The van der Waals surface area contributed by atoms with E-state index in [1.54, 1.807) is 16.8 Å². The summed E-state index contributed by atoms with van der Waals surface area (Å²) >= 11 is 0. The van der Waals surface area contributed by atoms with E-state index in [0.29, 0.717) is 11.4 Å². The van der Waals surface area contributed by atoms with E-state index >= 15 is 0 Å². The van der Waals surface area contributed by atoms with Gasteiger partial charge in [0.05, 0.1) is 5.56 Å². The molecule has 140 valence electrons. The molecule has 2 heterocycles. The highest BCUT2D eigenvalue weighted by molar-refractivity contribution is 5.94. The molecule has 3 aromatic rings. The summed E-state index contributed by atoms with van der Waals surface area (Å²) in [5.41, 5.74) is 4.30. The van der Waals surface area contributed by atoms with Crippen LogP contribution in [0.5, 0.6) is 5.88 Å². The van der Waals surface area contributed by atoms with Crippen molar-refractivity contribution in [2.24, 2.45) is 7.05 Å². The van der Waals surface area contributed by atoms with Crippen LogP contribution in [0.2, 0.25) is 0 Å². The topological polar surface area (TPSA) is 81.9 Å². The first kappa shape index (κ1) is 18.6. The second kappa shape index (κ2) is 7.99. The van der Waals surface area contributed by atoms with E-state index in [1.807, 2.05) is 52.1 Å². The Balaban J connectivity index is 1.71. The number of aromatic nitrogens is 4. The van der Waals surface area contributed by atoms with Gasteiger partial charge in [0.2, 0.25) is 5.88 Å². The molecule has 0 aliphatic rings. The lowest BCUT2D eigenvalue weighted by Gasteiger charge is -2.09. The van der Waals surface area contributed by atoms with E-state index < -0.39 is 0 Å². The Kier molecular flexibility index (Phi) is 5.49. The number of carbonyl (C=O) groups excluding carboxylic acids is 1. The minimum Gasteiger partial charge on any atom is -0.471 e. The van der Waals surface area contributed by atoms with Gasteiger partial charge in [0, 0.05) is 30.9 Å². The fourth-order valence-corrected chi connectivity index (χ4v) is 2.56. The third kappa shape index (κ3) is 4.49. The highest BCUT2D eigenvalue weighted by Crippen LogP contribution is 2.22. The molecular weight excluding hydrogens is 342 g/mol. The largest absolute Gasteiger partial charge is 0.471 e. The first-order chi connectivity index (χ1) is 12.9. The zero-order valence-electron chi connectivity index (χ0n) is 15.9. The van der Waals surface area contributed by atoms with Crippen molar-refractivity contribution in [3.63, 3.8) is 0 Å². The molecule has 0 spiro atoms. The van der Waals surface area contributed by atoms with Crippen LogP contribution in [-0.2, 0) is 13.7 Å². The van der Waals surface area contributed by atoms with Crippen LogP contribution in [0.3, 0.4) is 0 Å². The van der Waals surface area contributed by atoms with Crippen LogP contribution in [0.15, 0.2) is 42.6 Å². The van der Waals surface area contributed by atoms with Gasteiger partial charge in [0.1, 0.15) is 18.0 Å². The van der Waals surface area contributed by atoms with Gasteiger partial charge in [-0.2, -0.15) is 0 Å². The van der Waals surface area contributed by atoms with Crippen LogP contribution in [-0.4, -0.2) is 31.9 Å². The molecule has 7 heteroatoms. The SMILES string of the molecule is Cc1ccc(-c2nnn(C)c2COc2ccc(C(=O)NC(C)C)cn2)cc1. The number of hydrogen-bond donors (Lipinski definition) is 1. The van der Waals surface area contributed by atoms with Crippen LogP contribution in [0.1, 0.15) is 35.5 Å².